The number of benzene rings is 1. The molecule has 0 saturated carbocycles. The van der Waals surface area contributed by atoms with E-state index < -0.39 is 0 Å². The molecule has 3 N–H and O–H groups in total. The lowest BCUT2D eigenvalue weighted by molar-refractivity contribution is -0.117. The normalized spacial score (nSPS) is 18.9. The average Bonchev–Trinajstić information content (AvgIpc) is 2.53. The van der Waals surface area contributed by atoms with Crippen LogP contribution in [0.2, 0.25) is 0 Å². The molecule has 2 rings (SSSR count). The van der Waals surface area contributed by atoms with Gasteiger partial charge in [0, 0.05) is 5.69 Å². The number of hydrogen-bond acceptors (Lipinski definition) is 2. The van der Waals surface area contributed by atoms with Crippen molar-refractivity contribution in [2.45, 2.75) is 26.2 Å². The maximum absolute atomic E-state index is 11.8. The molecule has 0 aromatic heterocycles. The Labute approximate surface area is 89.7 Å². The van der Waals surface area contributed by atoms with Crippen molar-refractivity contribution in [3.05, 3.63) is 28.8 Å². The first-order valence-corrected chi connectivity index (χ1v) is 5.26. The summed E-state index contributed by atoms with van der Waals surface area (Å²) in [5.41, 5.74) is 9.98. The second-order valence-corrected chi connectivity index (χ2v) is 4.11. The highest BCUT2D eigenvalue weighted by molar-refractivity contribution is 6.04. The molecule has 80 valence electrons. The fourth-order valence-corrected chi connectivity index (χ4v) is 2.23. The molecule has 1 aromatic rings. The van der Waals surface area contributed by atoms with Gasteiger partial charge in [0.25, 0.3) is 0 Å². The topological polar surface area (TPSA) is 55.1 Å². The number of nitrogens with two attached hydrogens (primary N) is 1. The van der Waals surface area contributed by atoms with Crippen LogP contribution in [0.5, 0.6) is 0 Å². The van der Waals surface area contributed by atoms with Crippen molar-refractivity contribution in [2.75, 3.05) is 11.9 Å². The van der Waals surface area contributed by atoms with E-state index in [4.69, 9.17) is 5.73 Å². The molecule has 0 fully saturated rings. The number of hydrogen-bond donors (Lipinski definition) is 2. The summed E-state index contributed by atoms with van der Waals surface area (Å²) in [4.78, 5) is 11.8. The second kappa shape index (κ2) is 3.66. The number of anilines is 1. The van der Waals surface area contributed by atoms with Crippen LogP contribution in [0.15, 0.2) is 12.1 Å². The van der Waals surface area contributed by atoms with Gasteiger partial charge in [-0.05, 0) is 43.5 Å². The fraction of sp³-hybridized carbons (Fsp3) is 0.417. The molecule has 1 aliphatic rings. The maximum atomic E-state index is 11.8. The quantitative estimate of drug-likeness (QED) is 0.770. The van der Waals surface area contributed by atoms with E-state index in [1.807, 2.05) is 19.9 Å². The first-order chi connectivity index (χ1) is 7.15. The van der Waals surface area contributed by atoms with Gasteiger partial charge < -0.3 is 11.1 Å². The van der Waals surface area contributed by atoms with Gasteiger partial charge in [0.1, 0.15) is 0 Å². The van der Waals surface area contributed by atoms with Gasteiger partial charge in [0.05, 0.1) is 5.92 Å². The van der Waals surface area contributed by atoms with Crippen molar-refractivity contribution in [2.24, 2.45) is 5.73 Å². The van der Waals surface area contributed by atoms with Crippen LogP contribution in [0.4, 0.5) is 5.69 Å². The average molecular weight is 204 g/mol. The lowest BCUT2D eigenvalue weighted by atomic mass is 9.92. The first-order valence-electron chi connectivity index (χ1n) is 5.26. The fourth-order valence-electron chi connectivity index (χ4n) is 2.23. The second-order valence-electron chi connectivity index (χ2n) is 4.11. The Balaban J connectivity index is 2.52. The number of carbonyl (C=O) groups excluding carboxylic acids is 1. The van der Waals surface area contributed by atoms with Gasteiger partial charge in [-0.15, -0.1) is 0 Å². The number of nitrogens with one attached hydrogen (secondary N) is 1. The molecule has 1 aliphatic heterocycles. The van der Waals surface area contributed by atoms with Crippen molar-refractivity contribution >= 4 is 11.6 Å². The van der Waals surface area contributed by atoms with Crippen LogP contribution in [0.1, 0.15) is 29.0 Å². The SMILES string of the molecule is Cc1ccc(C)c2c1NC(=O)C2CCN. The predicted octanol–water partition coefficient (Wildman–Crippen LogP) is 1.69. The van der Waals surface area contributed by atoms with Crippen LogP contribution >= 0.6 is 0 Å². The highest BCUT2D eigenvalue weighted by Crippen LogP contribution is 2.38. The zero-order valence-corrected chi connectivity index (χ0v) is 9.13. The van der Waals surface area contributed by atoms with E-state index in [0.717, 1.165) is 23.2 Å². The molecular formula is C12H16N2O. The molecule has 0 bridgehead atoms. The molecule has 1 atom stereocenters. The maximum Gasteiger partial charge on any atom is 0.232 e. The van der Waals surface area contributed by atoms with Crippen molar-refractivity contribution < 1.29 is 4.79 Å². The lowest BCUT2D eigenvalue weighted by Crippen LogP contribution is -2.16. The molecule has 1 aromatic carbocycles. The molecule has 1 unspecified atom stereocenters. The molecule has 15 heavy (non-hydrogen) atoms. The highest BCUT2D eigenvalue weighted by Gasteiger charge is 2.31. The Morgan fingerprint density at radius 3 is 2.67 bits per heavy atom. The van der Waals surface area contributed by atoms with E-state index in [1.165, 1.54) is 5.56 Å². The molecule has 1 heterocycles. The molecule has 0 spiro atoms. The summed E-state index contributed by atoms with van der Waals surface area (Å²) in [6.07, 6.45) is 0.725. The van der Waals surface area contributed by atoms with E-state index in [0.29, 0.717) is 6.54 Å². The third-order valence-corrected chi connectivity index (χ3v) is 3.04. The van der Waals surface area contributed by atoms with Crippen molar-refractivity contribution in [1.82, 2.24) is 0 Å². The Kier molecular flexibility index (Phi) is 2.49. The van der Waals surface area contributed by atoms with Gasteiger partial charge in [-0.25, -0.2) is 0 Å². The number of fused-ring (bicyclic) bond motifs is 1. The minimum atomic E-state index is -0.0510. The summed E-state index contributed by atoms with van der Waals surface area (Å²) in [6.45, 7) is 4.61. The Morgan fingerprint density at radius 1 is 1.33 bits per heavy atom. The van der Waals surface area contributed by atoms with Crippen molar-refractivity contribution in [3.63, 3.8) is 0 Å². The first kappa shape index (κ1) is 10.2. The van der Waals surface area contributed by atoms with E-state index >= 15 is 0 Å². The summed E-state index contributed by atoms with van der Waals surface area (Å²) in [5.74, 6) is 0.0396. The zero-order chi connectivity index (χ0) is 11.0. The van der Waals surface area contributed by atoms with Crippen LogP contribution < -0.4 is 11.1 Å². The molecule has 3 nitrogen and oxygen atoms in total. The van der Waals surface area contributed by atoms with Crippen LogP contribution in [-0.4, -0.2) is 12.5 Å². The molecular weight excluding hydrogens is 188 g/mol. The van der Waals surface area contributed by atoms with Crippen LogP contribution in [0.3, 0.4) is 0 Å². The number of carbonyl (C=O) groups is 1. The van der Waals surface area contributed by atoms with Gasteiger partial charge in [0.15, 0.2) is 0 Å². The Morgan fingerprint density at radius 2 is 2.00 bits per heavy atom. The lowest BCUT2D eigenvalue weighted by Gasteiger charge is -2.10. The van der Waals surface area contributed by atoms with Crippen LogP contribution in [0, 0.1) is 13.8 Å². The van der Waals surface area contributed by atoms with Crippen molar-refractivity contribution in [3.8, 4) is 0 Å². The van der Waals surface area contributed by atoms with Gasteiger partial charge >= 0.3 is 0 Å². The third kappa shape index (κ3) is 1.53. The number of aryl methyl sites for hydroxylation is 2. The summed E-state index contributed by atoms with van der Waals surface area (Å²) < 4.78 is 0. The minimum Gasteiger partial charge on any atom is -0.330 e. The Hall–Kier alpha value is -1.35. The van der Waals surface area contributed by atoms with Gasteiger partial charge in [-0.2, -0.15) is 0 Å². The van der Waals surface area contributed by atoms with Gasteiger partial charge in [0.2, 0.25) is 5.91 Å². The Bertz CT molecular complexity index is 412. The molecule has 3 heteroatoms. The summed E-state index contributed by atoms with van der Waals surface area (Å²) >= 11 is 0. The minimum absolute atomic E-state index is 0.0510. The van der Waals surface area contributed by atoms with Crippen LogP contribution in [0.25, 0.3) is 0 Å². The monoisotopic (exact) mass is 204 g/mol. The van der Waals surface area contributed by atoms with E-state index in [9.17, 15) is 4.79 Å². The highest BCUT2D eigenvalue weighted by atomic mass is 16.2. The van der Waals surface area contributed by atoms with E-state index in [-0.39, 0.29) is 11.8 Å². The third-order valence-electron chi connectivity index (χ3n) is 3.04. The molecule has 0 saturated heterocycles. The molecule has 1 amide bonds. The van der Waals surface area contributed by atoms with Gasteiger partial charge in [-0.1, -0.05) is 12.1 Å². The zero-order valence-electron chi connectivity index (χ0n) is 9.13. The summed E-state index contributed by atoms with van der Waals surface area (Å²) in [5, 5.41) is 2.95. The van der Waals surface area contributed by atoms with E-state index in [1.54, 1.807) is 0 Å². The number of amides is 1. The summed E-state index contributed by atoms with van der Waals surface area (Å²) in [6, 6.07) is 4.11. The van der Waals surface area contributed by atoms with E-state index in [2.05, 4.69) is 11.4 Å². The van der Waals surface area contributed by atoms with Gasteiger partial charge in [-0.3, -0.25) is 4.79 Å². The molecule has 0 aliphatic carbocycles. The summed E-state index contributed by atoms with van der Waals surface area (Å²) in [7, 11) is 0. The smallest absolute Gasteiger partial charge is 0.232 e. The standard InChI is InChI=1S/C12H16N2O/c1-7-3-4-8(2)11-10(7)9(5-6-13)12(15)14-11/h3-4,9H,5-6,13H2,1-2H3,(H,14,15). The van der Waals surface area contributed by atoms with Crippen LogP contribution in [-0.2, 0) is 4.79 Å². The predicted molar refractivity (Wildman–Crippen MR) is 61.0 cm³/mol. The largest absolute Gasteiger partial charge is 0.330 e. The van der Waals surface area contributed by atoms with Crippen molar-refractivity contribution in [1.29, 1.82) is 0 Å². The number of rotatable bonds is 2. The molecule has 0 radical (unpaired) electrons.